The Kier molecular flexibility index (Phi) is 8.37. The molecule has 3 aromatic heterocycles. The van der Waals surface area contributed by atoms with Crippen LogP contribution >= 0.6 is 0 Å². The molecule has 0 N–H and O–H groups in total. The van der Waals surface area contributed by atoms with Crippen LogP contribution in [0.1, 0.15) is 23.2 Å². The monoisotopic (exact) mass is 833 g/mol. The van der Waals surface area contributed by atoms with Crippen LogP contribution in [-0.4, -0.2) is 21.8 Å². The molecule has 1 aliphatic rings. The lowest BCUT2D eigenvalue weighted by Crippen LogP contribution is -2.71. The van der Waals surface area contributed by atoms with Crippen LogP contribution < -0.4 is 15.6 Å². The lowest BCUT2D eigenvalue weighted by molar-refractivity contribution is 0.836. The Labute approximate surface area is 373 Å². The Balaban J connectivity index is 1.11. The van der Waals surface area contributed by atoms with Crippen molar-refractivity contribution in [3.8, 4) is 17.1 Å². The average Bonchev–Trinajstić information content (AvgIpc) is 4.02. The molecule has 0 aliphatic heterocycles. The molecule has 1 unspecified atom stereocenters. The number of fused-ring (bicyclic) bond motifs is 10. The SMILES string of the molecule is C1=Cc2c(n(-c3ccccc3)c3ccccc23)C([Si](c2ccccc2)(c2ccccc2)c2ccc(-n3c4ccccc4c4ccc5c6ccccc6n(-c6ccccc6)c5c43)cc2)C1. The summed E-state index contributed by atoms with van der Waals surface area (Å²) in [4.78, 5) is 0. The van der Waals surface area contributed by atoms with Crippen LogP contribution in [0, 0.1) is 0 Å². The molecule has 0 fully saturated rings. The summed E-state index contributed by atoms with van der Waals surface area (Å²) in [7, 11) is -2.92. The summed E-state index contributed by atoms with van der Waals surface area (Å²) in [5.74, 6) is 0. The fourth-order valence-electron chi connectivity index (χ4n) is 11.5. The van der Waals surface area contributed by atoms with Crippen LogP contribution in [-0.2, 0) is 0 Å². The lowest BCUT2D eigenvalue weighted by atomic mass is 10.0. The van der Waals surface area contributed by atoms with E-state index >= 15 is 0 Å². The van der Waals surface area contributed by atoms with Crippen LogP contribution in [0.2, 0.25) is 0 Å². The third kappa shape index (κ3) is 5.27. The fourth-order valence-corrected chi connectivity index (χ4v) is 17.0. The molecule has 13 rings (SSSR count). The minimum absolute atomic E-state index is 0.185. The number of rotatable bonds is 7. The van der Waals surface area contributed by atoms with Gasteiger partial charge in [0.1, 0.15) is 0 Å². The molecule has 0 bridgehead atoms. The van der Waals surface area contributed by atoms with Gasteiger partial charge in [-0.25, -0.2) is 0 Å². The second kappa shape index (κ2) is 14.6. The first-order valence-electron chi connectivity index (χ1n) is 22.4. The van der Waals surface area contributed by atoms with Gasteiger partial charge in [0.05, 0.1) is 27.6 Å². The Morgan fingerprint density at radius 3 is 1.23 bits per heavy atom. The average molecular weight is 834 g/mol. The molecule has 9 aromatic carbocycles. The van der Waals surface area contributed by atoms with Gasteiger partial charge in [-0.3, -0.25) is 0 Å². The van der Waals surface area contributed by atoms with Crippen LogP contribution in [0.5, 0.6) is 0 Å². The first-order chi connectivity index (χ1) is 31.8. The third-order valence-corrected chi connectivity index (χ3v) is 19.3. The summed E-state index contributed by atoms with van der Waals surface area (Å²) in [6, 6.07) is 86.0. The zero-order chi connectivity index (χ0) is 42.2. The van der Waals surface area contributed by atoms with Crippen molar-refractivity contribution in [2.24, 2.45) is 0 Å². The second-order valence-corrected chi connectivity index (χ2v) is 21.2. The highest BCUT2D eigenvalue weighted by atomic mass is 28.3. The minimum atomic E-state index is -2.92. The molecule has 1 atom stereocenters. The van der Waals surface area contributed by atoms with E-state index < -0.39 is 8.07 Å². The quantitative estimate of drug-likeness (QED) is 0.112. The molecular weight excluding hydrogens is 791 g/mol. The molecule has 1 aliphatic carbocycles. The highest BCUT2D eigenvalue weighted by Gasteiger charge is 2.49. The fraction of sp³-hybridized carbons (Fsp3) is 0.0333. The van der Waals surface area contributed by atoms with Crippen LogP contribution in [0.15, 0.2) is 237 Å². The smallest absolute Gasteiger partial charge is 0.157 e. The van der Waals surface area contributed by atoms with E-state index in [0.29, 0.717) is 0 Å². The van der Waals surface area contributed by atoms with E-state index in [1.54, 1.807) is 0 Å². The summed E-state index contributed by atoms with van der Waals surface area (Å²) in [5.41, 5.74) is 12.5. The van der Waals surface area contributed by atoms with E-state index in [1.165, 1.54) is 87.0 Å². The topological polar surface area (TPSA) is 14.8 Å². The van der Waals surface area contributed by atoms with Gasteiger partial charge in [-0.1, -0.05) is 188 Å². The third-order valence-electron chi connectivity index (χ3n) is 14.0. The Morgan fingerprint density at radius 2 is 0.719 bits per heavy atom. The molecule has 302 valence electrons. The van der Waals surface area contributed by atoms with Gasteiger partial charge >= 0.3 is 0 Å². The van der Waals surface area contributed by atoms with Gasteiger partial charge in [-0.2, -0.15) is 0 Å². The van der Waals surface area contributed by atoms with E-state index in [9.17, 15) is 0 Å². The molecule has 3 heterocycles. The van der Waals surface area contributed by atoms with E-state index in [2.05, 4.69) is 256 Å². The summed E-state index contributed by atoms with van der Waals surface area (Å²) in [6.45, 7) is 0. The number of aromatic nitrogens is 3. The molecule has 0 amide bonds. The highest BCUT2D eigenvalue weighted by molar-refractivity contribution is 7.12. The zero-order valence-corrected chi connectivity index (χ0v) is 36.2. The van der Waals surface area contributed by atoms with Crippen molar-refractivity contribution < 1.29 is 0 Å². The Hall–Kier alpha value is -7.92. The standard InChI is InChI=1S/C60H43N3Si/c1-5-20-42(21-6-1)61-54-32-16-13-28-48(54)51-31-19-35-57(58(51)61)64(45-24-9-3-10-25-45,46-26-11-4-12-27-46)47-38-36-44(37-39-47)63-56-34-18-15-30-50(56)53-41-40-52-49-29-14-17-33-55(49)62(59(52)60(53)63)43-22-7-2-8-23-43/h1-34,36-41,57H,35H2. The predicted octanol–water partition coefficient (Wildman–Crippen LogP) is 13.0. The number of allylic oxidation sites excluding steroid dienone is 1. The maximum Gasteiger partial charge on any atom is 0.157 e. The van der Waals surface area contributed by atoms with Crippen molar-refractivity contribution in [3.05, 3.63) is 248 Å². The predicted molar refractivity (Wildman–Crippen MR) is 272 cm³/mol. The van der Waals surface area contributed by atoms with Crippen molar-refractivity contribution in [2.75, 3.05) is 0 Å². The van der Waals surface area contributed by atoms with Gasteiger partial charge < -0.3 is 13.7 Å². The summed E-state index contributed by atoms with van der Waals surface area (Å²) >= 11 is 0. The first kappa shape index (κ1) is 36.7. The minimum Gasteiger partial charge on any atom is -0.313 e. The zero-order valence-electron chi connectivity index (χ0n) is 35.2. The number of para-hydroxylation sites is 5. The van der Waals surface area contributed by atoms with E-state index in [0.717, 1.165) is 17.8 Å². The van der Waals surface area contributed by atoms with E-state index in [1.807, 2.05) is 0 Å². The molecule has 0 saturated carbocycles. The molecule has 0 radical (unpaired) electrons. The molecule has 4 heteroatoms. The van der Waals surface area contributed by atoms with Crippen LogP contribution in [0.25, 0.3) is 77.7 Å². The van der Waals surface area contributed by atoms with Gasteiger partial charge in [0.2, 0.25) is 0 Å². The molecule has 12 aromatic rings. The second-order valence-electron chi connectivity index (χ2n) is 17.2. The molecular formula is C60H43N3Si. The maximum atomic E-state index is 2.58. The van der Waals surface area contributed by atoms with Crippen molar-refractivity contribution >= 4 is 84.2 Å². The summed E-state index contributed by atoms with van der Waals surface area (Å²) < 4.78 is 7.58. The largest absolute Gasteiger partial charge is 0.313 e. The van der Waals surface area contributed by atoms with E-state index in [4.69, 9.17) is 0 Å². The summed E-state index contributed by atoms with van der Waals surface area (Å²) in [6.07, 6.45) is 5.78. The molecule has 64 heavy (non-hydrogen) atoms. The van der Waals surface area contributed by atoms with Crippen LogP contribution in [0.3, 0.4) is 0 Å². The van der Waals surface area contributed by atoms with Crippen molar-refractivity contribution in [1.29, 1.82) is 0 Å². The van der Waals surface area contributed by atoms with Crippen LogP contribution in [0.4, 0.5) is 0 Å². The Bertz CT molecular complexity index is 3690. The molecule has 0 spiro atoms. The first-order valence-corrected chi connectivity index (χ1v) is 24.5. The highest BCUT2D eigenvalue weighted by Crippen LogP contribution is 2.45. The number of hydrogen-bond donors (Lipinski definition) is 0. The van der Waals surface area contributed by atoms with Gasteiger partial charge in [-0.15, -0.1) is 0 Å². The van der Waals surface area contributed by atoms with Gasteiger partial charge in [0.25, 0.3) is 0 Å². The lowest BCUT2D eigenvalue weighted by Gasteiger charge is -2.42. The Morgan fingerprint density at radius 1 is 0.328 bits per heavy atom. The van der Waals surface area contributed by atoms with E-state index in [-0.39, 0.29) is 5.54 Å². The number of benzene rings is 9. The number of nitrogens with zero attached hydrogens (tertiary/aromatic N) is 3. The molecule has 3 nitrogen and oxygen atoms in total. The summed E-state index contributed by atoms with van der Waals surface area (Å²) in [5, 5.41) is 10.5. The number of hydrogen-bond acceptors (Lipinski definition) is 0. The molecule has 0 saturated heterocycles. The van der Waals surface area contributed by atoms with Gasteiger partial charge in [-0.05, 0) is 76.6 Å². The van der Waals surface area contributed by atoms with Crippen molar-refractivity contribution in [2.45, 2.75) is 12.0 Å². The van der Waals surface area contributed by atoms with Gasteiger partial charge in [0, 0.05) is 60.8 Å². The van der Waals surface area contributed by atoms with Gasteiger partial charge in [0.15, 0.2) is 8.07 Å². The normalized spacial score (nSPS) is 14.0. The maximum absolute atomic E-state index is 2.92. The van der Waals surface area contributed by atoms with Crippen molar-refractivity contribution in [1.82, 2.24) is 13.7 Å². The van der Waals surface area contributed by atoms with Crippen molar-refractivity contribution in [3.63, 3.8) is 0 Å².